The summed E-state index contributed by atoms with van der Waals surface area (Å²) in [5.74, 6) is -0.791. The Morgan fingerprint density at radius 1 is 1.36 bits per heavy atom. The highest BCUT2D eigenvalue weighted by Gasteiger charge is 2.23. The molecule has 0 aliphatic carbocycles. The second-order valence-corrected chi connectivity index (χ2v) is 3.49. The van der Waals surface area contributed by atoms with Crippen LogP contribution in [0, 0.1) is 0 Å². The first-order chi connectivity index (χ1) is 4.92. The second-order valence-electron chi connectivity index (χ2n) is 2.08. The molecule has 0 aromatic heterocycles. The van der Waals surface area contributed by atoms with Crippen molar-refractivity contribution in [3.05, 3.63) is 11.4 Å². The molecule has 0 spiro atoms. The number of hydrogen-bond donors (Lipinski definition) is 3. The fraction of sp³-hybridized carbons (Fsp3) is 0.250. The van der Waals surface area contributed by atoms with Gasteiger partial charge in [-0.25, -0.2) is 4.72 Å². The highest BCUT2D eigenvalue weighted by atomic mass is 32.2. The lowest BCUT2D eigenvalue weighted by Crippen LogP contribution is -2.47. The molecule has 1 heterocycles. The van der Waals surface area contributed by atoms with Gasteiger partial charge in [-0.1, -0.05) is 0 Å². The quantitative estimate of drug-likeness (QED) is 0.404. The Kier molecular flexibility index (Phi) is 1.52. The summed E-state index contributed by atoms with van der Waals surface area (Å²) in [5, 5.41) is 0. The Balaban J connectivity index is 3.14. The summed E-state index contributed by atoms with van der Waals surface area (Å²) in [6.07, 6.45) is 0. The fourth-order valence-electron chi connectivity index (χ4n) is 0.629. The van der Waals surface area contributed by atoms with Crippen LogP contribution >= 0.6 is 0 Å². The van der Waals surface area contributed by atoms with Crippen LogP contribution in [0.5, 0.6) is 0 Å². The number of carbonyl (C=O) groups is 1. The summed E-state index contributed by atoms with van der Waals surface area (Å²) >= 11 is 0. The molecule has 0 saturated heterocycles. The molecule has 0 unspecified atom stereocenters. The van der Waals surface area contributed by atoms with Gasteiger partial charge in [-0.05, 0) is 6.92 Å². The van der Waals surface area contributed by atoms with Gasteiger partial charge in [-0.2, -0.15) is 8.42 Å². The zero-order chi connectivity index (χ0) is 8.65. The molecule has 0 fully saturated rings. The van der Waals surface area contributed by atoms with Crippen LogP contribution in [0.2, 0.25) is 0 Å². The van der Waals surface area contributed by atoms with Crippen LogP contribution in [0.3, 0.4) is 0 Å². The van der Waals surface area contributed by atoms with Crippen LogP contribution in [-0.2, 0) is 15.0 Å². The number of allylic oxidation sites excluding steroid dienone is 1. The monoisotopic (exact) mass is 177 g/mol. The average Bonchev–Trinajstić information content (AvgIpc) is 1.81. The van der Waals surface area contributed by atoms with E-state index in [2.05, 4.69) is 0 Å². The Morgan fingerprint density at radius 3 is 2.36 bits per heavy atom. The number of hydrogen-bond acceptors (Lipinski definition) is 4. The van der Waals surface area contributed by atoms with E-state index < -0.39 is 16.1 Å². The van der Waals surface area contributed by atoms with Gasteiger partial charge < -0.3 is 5.73 Å². The molecule has 1 aliphatic heterocycles. The number of amides is 1. The minimum Gasteiger partial charge on any atom is -0.393 e. The lowest BCUT2D eigenvalue weighted by atomic mass is 10.3. The standard InChI is InChI=1S/C4H7N3O3S/c1-2-3(5)4(8)7-11(9,10)6-2/h6H,5H2,1H3,(H,7,8). The molecule has 0 saturated carbocycles. The van der Waals surface area contributed by atoms with Crippen LogP contribution < -0.4 is 15.2 Å². The maximum absolute atomic E-state index is 10.7. The van der Waals surface area contributed by atoms with Crippen molar-refractivity contribution in [2.75, 3.05) is 0 Å². The summed E-state index contributed by atoms with van der Waals surface area (Å²) in [4.78, 5) is 10.7. The van der Waals surface area contributed by atoms with Gasteiger partial charge in [0, 0.05) is 0 Å². The minimum atomic E-state index is -3.70. The van der Waals surface area contributed by atoms with Crippen molar-refractivity contribution in [1.29, 1.82) is 0 Å². The first-order valence-electron chi connectivity index (χ1n) is 2.73. The van der Waals surface area contributed by atoms with Gasteiger partial charge >= 0.3 is 10.2 Å². The van der Waals surface area contributed by atoms with Crippen LogP contribution in [0.15, 0.2) is 11.4 Å². The van der Waals surface area contributed by atoms with E-state index in [1.54, 1.807) is 4.72 Å². The van der Waals surface area contributed by atoms with E-state index in [-0.39, 0.29) is 11.4 Å². The molecule has 0 aromatic carbocycles. The summed E-state index contributed by atoms with van der Waals surface area (Å²) < 4.78 is 25.1. The highest BCUT2D eigenvalue weighted by molar-refractivity contribution is 7.88. The average molecular weight is 177 g/mol. The van der Waals surface area contributed by atoms with Gasteiger partial charge in [-0.15, -0.1) is 0 Å². The topological polar surface area (TPSA) is 101 Å². The maximum atomic E-state index is 10.7. The summed E-state index contributed by atoms with van der Waals surface area (Å²) in [5.41, 5.74) is 5.22. The first kappa shape index (κ1) is 7.86. The van der Waals surface area contributed by atoms with E-state index in [4.69, 9.17) is 5.73 Å². The van der Waals surface area contributed by atoms with Crippen LogP contribution in [0.25, 0.3) is 0 Å². The van der Waals surface area contributed by atoms with E-state index in [1.165, 1.54) is 6.92 Å². The molecule has 1 aliphatic rings. The SMILES string of the molecule is CC1=C(N)C(=O)NS(=O)(=O)N1. The van der Waals surface area contributed by atoms with E-state index in [0.717, 1.165) is 0 Å². The molecule has 0 aromatic rings. The van der Waals surface area contributed by atoms with Gasteiger partial charge in [0.25, 0.3) is 5.91 Å². The molecule has 0 bridgehead atoms. The van der Waals surface area contributed by atoms with Crippen molar-refractivity contribution in [3.8, 4) is 0 Å². The lowest BCUT2D eigenvalue weighted by Gasteiger charge is -2.16. The smallest absolute Gasteiger partial charge is 0.323 e. The highest BCUT2D eigenvalue weighted by Crippen LogP contribution is 2.01. The Hall–Kier alpha value is -1.24. The molecule has 1 rings (SSSR count). The van der Waals surface area contributed by atoms with E-state index >= 15 is 0 Å². The van der Waals surface area contributed by atoms with E-state index in [1.807, 2.05) is 4.72 Å². The van der Waals surface area contributed by atoms with Crippen LogP contribution in [-0.4, -0.2) is 14.3 Å². The minimum absolute atomic E-state index is 0.111. The second kappa shape index (κ2) is 2.12. The molecular formula is C4H7N3O3S. The number of carbonyl (C=O) groups excluding carboxylic acids is 1. The molecule has 1 amide bonds. The number of rotatable bonds is 0. The molecular weight excluding hydrogens is 170 g/mol. The third-order valence-electron chi connectivity index (χ3n) is 1.16. The third kappa shape index (κ3) is 1.43. The summed E-state index contributed by atoms with van der Waals surface area (Å²) in [7, 11) is -3.70. The molecule has 11 heavy (non-hydrogen) atoms. The largest absolute Gasteiger partial charge is 0.393 e. The van der Waals surface area contributed by atoms with Crippen molar-refractivity contribution in [3.63, 3.8) is 0 Å². The third-order valence-corrected chi connectivity index (χ3v) is 2.19. The van der Waals surface area contributed by atoms with Gasteiger partial charge in [0.2, 0.25) is 0 Å². The van der Waals surface area contributed by atoms with Crippen LogP contribution in [0.1, 0.15) is 6.92 Å². The molecule has 62 valence electrons. The summed E-state index contributed by atoms with van der Waals surface area (Å²) in [6.45, 7) is 1.41. The van der Waals surface area contributed by atoms with Gasteiger partial charge in [-0.3, -0.25) is 9.52 Å². The lowest BCUT2D eigenvalue weighted by molar-refractivity contribution is -0.116. The van der Waals surface area contributed by atoms with Gasteiger partial charge in [0.05, 0.1) is 5.70 Å². The van der Waals surface area contributed by atoms with Crippen molar-refractivity contribution in [2.24, 2.45) is 5.73 Å². The molecule has 0 atom stereocenters. The molecule has 7 heteroatoms. The molecule has 6 nitrogen and oxygen atoms in total. The first-order valence-corrected chi connectivity index (χ1v) is 4.22. The fourth-order valence-corrected chi connectivity index (χ4v) is 1.55. The van der Waals surface area contributed by atoms with Crippen LogP contribution in [0.4, 0.5) is 0 Å². The Bertz CT molecular complexity index is 328. The predicted molar refractivity (Wildman–Crippen MR) is 37.1 cm³/mol. The Labute approximate surface area is 63.6 Å². The van der Waals surface area contributed by atoms with E-state index in [0.29, 0.717) is 0 Å². The van der Waals surface area contributed by atoms with Crippen molar-refractivity contribution in [1.82, 2.24) is 9.44 Å². The normalized spacial score (nSPS) is 22.5. The van der Waals surface area contributed by atoms with Crippen molar-refractivity contribution >= 4 is 16.1 Å². The zero-order valence-electron chi connectivity index (χ0n) is 5.71. The van der Waals surface area contributed by atoms with Crippen molar-refractivity contribution < 1.29 is 13.2 Å². The molecule has 0 radical (unpaired) electrons. The molecule has 4 N–H and O–H groups in total. The Morgan fingerprint density at radius 2 is 1.91 bits per heavy atom. The maximum Gasteiger partial charge on any atom is 0.323 e. The summed E-state index contributed by atoms with van der Waals surface area (Å²) in [6, 6.07) is 0. The van der Waals surface area contributed by atoms with Crippen molar-refractivity contribution in [2.45, 2.75) is 6.92 Å². The zero-order valence-corrected chi connectivity index (χ0v) is 6.53. The number of nitrogens with one attached hydrogen (secondary N) is 2. The van der Waals surface area contributed by atoms with Gasteiger partial charge in [0.1, 0.15) is 5.70 Å². The number of nitrogens with two attached hydrogens (primary N) is 1. The predicted octanol–water partition coefficient (Wildman–Crippen LogP) is -1.86. The van der Waals surface area contributed by atoms with Gasteiger partial charge in [0.15, 0.2) is 0 Å². The van der Waals surface area contributed by atoms with E-state index in [9.17, 15) is 13.2 Å².